The number of nitrogens with one attached hydrogen (secondary N) is 2. The molecule has 0 spiro atoms. The Morgan fingerprint density at radius 1 is 1.12 bits per heavy atom. The van der Waals surface area contributed by atoms with E-state index in [0.29, 0.717) is 0 Å². The molecular formula is C18H35N5S. The van der Waals surface area contributed by atoms with E-state index in [1.807, 2.05) is 24.6 Å². The number of aliphatic imine (C=N–C) groups is 1. The molecule has 0 unspecified atom stereocenters. The van der Waals surface area contributed by atoms with Crippen LogP contribution in [0, 0.1) is 0 Å². The average Bonchev–Trinajstić information content (AvgIpc) is 3.03. The summed E-state index contributed by atoms with van der Waals surface area (Å²) in [6, 6.07) is 0. The van der Waals surface area contributed by atoms with Crippen molar-refractivity contribution in [2.45, 2.75) is 51.9 Å². The molecular weight excluding hydrogens is 318 g/mol. The van der Waals surface area contributed by atoms with E-state index in [9.17, 15) is 0 Å². The number of thiazole rings is 1. The molecule has 0 saturated heterocycles. The second kappa shape index (κ2) is 13.2. The normalized spacial score (nSPS) is 12.0. The van der Waals surface area contributed by atoms with E-state index in [2.05, 4.69) is 46.5 Å². The Balaban J connectivity index is 2.02. The molecule has 1 heterocycles. The van der Waals surface area contributed by atoms with Gasteiger partial charge in [-0.2, -0.15) is 0 Å². The summed E-state index contributed by atoms with van der Waals surface area (Å²) in [5.41, 5.74) is 0. The minimum Gasteiger partial charge on any atom is -0.356 e. The molecule has 5 nitrogen and oxygen atoms in total. The van der Waals surface area contributed by atoms with Crippen molar-refractivity contribution in [1.82, 2.24) is 20.5 Å². The first-order chi connectivity index (χ1) is 11.7. The second-order valence-electron chi connectivity index (χ2n) is 6.32. The second-order valence-corrected chi connectivity index (χ2v) is 7.52. The molecule has 6 heteroatoms. The molecule has 138 valence electrons. The van der Waals surface area contributed by atoms with Crippen molar-refractivity contribution in [3.63, 3.8) is 0 Å². The number of aromatic nitrogens is 1. The SMILES string of the molecule is CCc1cnc(CCNC(=NC)NCCCCCCCN(C)C)s1. The molecule has 0 aliphatic rings. The lowest BCUT2D eigenvalue weighted by atomic mass is 10.1. The summed E-state index contributed by atoms with van der Waals surface area (Å²) >= 11 is 1.81. The van der Waals surface area contributed by atoms with Crippen LogP contribution in [0.15, 0.2) is 11.2 Å². The topological polar surface area (TPSA) is 52.6 Å². The molecule has 0 fully saturated rings. The van der Waals surface area contributed by atoms with Crippen LogP contribution in [0.4, 0.5) is 0 Å². The average molecular weight is 354 g/mol. The highest BCUT2D eigenvalue weighted by atomic mass is 32.1. The third-order valence-corrected chi connectivity index (χ3v) is 5.08. The van der Waals surface area contributed by atoms with E-state index in [4.69, 9.17) is 0 Å². The van der Waals surface area contributed by atoms with Crippen molar-refractivity contribution in [2.24, 2.45) is 4.99 Å². The fourth-order valence-corrected chi connectivity index (χ4v) is 3.29. The highest BCUT2D eigenvalue weighted by Gasteiger charge is 2.02. The third kappa shape index (κ3) is 9.88. The van der Waals surface area contributed by atoms with Crippen molar-refractivity contribution in [1.29, 1.82) is 0 Å². The van der Waals surface area contributed by atoms with E-state index < -0.39 is 0 Å². The van der Waals surface area contributed by atoms with E-state index in [1.54, 1.807) is 0 Å². The van der Waals surface area contributed by atoms with Crippen molar-refractivity contribution in [3.8, 4) is 0 Å². The first-order valence-corrected chi connectivity index (χ1v) is 10.00. The Kier molecular flexibility index (Phi) is 11.5. The summed E-state index contributed by atoms with van der Waals surface area (Å²) in [7, 11) is 6.11. The molecule has 0 atom stereocenters. The van der Waals surface area contributed by atoms with Crippen LogP contribution in [0.1, 0.15) is 48.9 Å². The first kappa shape index (κ1) is 20.9. The predicted molar refractivity (Wildman–Crippen MR) is 106 cm³/mol. The minimum absolute atomic E-state index is 0.876. The van der Waals surface area contributed by atoms with Gasteiger partial charge < -0.3 is 15.5 Å². The monoisotopic (exact) mass is 353 g/mol. The van der Waals surface area contributed by atoms with Crippen LogP contribution < -0.4 is 10.6 Å². The standard InChI is InChI=1S/C18H35N5S/c1-5-16-15-22-17(24-16)11-13-21-18(19-2)20-12-9-7-6-8-10-14-23(3)4/h15H,5-14H2,1-4H3,(H2,19,20,21). The van der Waals surface area contributed by atoms with Gasteiger partial charge in [-0.15, -0.1) is 11.3 Å². The molecule has 0 radical (unpaired) electrons. The van der Waals surface area contributed by atoms with Gasteiger partial charge in [-0.05, 0) is 39.9 Å². The van der Waals surface area contributed by atoms with Gasteiger partial charge in [0.1, 0.15) is 0 Å². The third-order valence-electron chi connectivity index (χ3n) is 3.88. The fourth-order valence-electron chi connectivity index (χ4n) is 2.43. The molecule has 0 aromatic carbocycles. The van der Waals surface area contributed by atoms with Gasteiger partial charge in [0, 0.05) is 37.6 Å². The summed E-state index contributed by atoms with van der Waals surface area (Å²) in [6.07, 6.45) is 10.5. The lowest BCUT2D eigenvalue weighted by Crippen LogP contribution is -2.38. The van der Waals surface area contributed by atoms with Crippen LogP contribution in [0.3, 0.4) is 0 Å². The zero-order valence-corrected chi connectivity index (χ0v) is 16.7. The quantitative estimate of drug-likeness (QED) is 0.345. The number of nitrogens with zero attached hydrogens (tertiary/aromatic N) is 3. The maximum atomic E-state index is 4.45. The Bertz CT molecular complexity index is 456. The number of rotatable bonds is 12. The van der Waals surface area contributed by atoms with Gasteiger partial charge in [-0.3, -0.25) is 4.99 Å². The van der Waals surface area contributed by atoms with Crippen LogP contribution >= 0.6 is 11.3 Å². The largest absolute Gasteiger partial charge is 0.356 e. The molecule has 1 rings (SSSR count). The summed E-state index contributed by atoms with van der Waals surface area (Å²) < 4.78 is 0. The van der Waals surface area contributed by atoms with Crippen LogP contribution in [0.2, 0.25) is 0 Å². The molecule has 1 aromatic rings. The smallest absolute Gasteiger partial charge is 0.190 e. The van der Waals surface area contributed by atoms with Crippen molar-refractivity contribution >= 4 is 17.3 Å². The zero-order valence-electron chi connectivity index (χ0n) is 15.9. The zero-order chi connectivity index (χ0) is 17.6. The van der Waals surface area contributed by atoms with Gasteiger partial charge in [0.25, 0.3) is 0 Å². The van der Waals surface area contributed by atoms with Crippen LogP contribution in [0.25, 0.3) is 0 Å². The molecule has 0 bridgehead atoms. The fraction of sp³-hybridized carbons (Fsp3) is 0.778. The Hall–Kier alpha value is -1.14. The van der Waals surface area contributed by atoms with Crippen LogP contribution in [-0.4, -0.2) is 56.6 Å². The Morgan fingerprint density at radius 3 is 2.50 bits per heavy atom. The first-order valence-electron chi connectivity index (χ1n) is 9.18. The number of hydrogen-bond donors (Lipinski definition) is 2. The highest BCUT2D eigenvalue weighted by molar-refractivity contribution is 7.11. The summed E-state index contributed by atoms with van der Waals surface area (Å²) in [5, 5.41) is 7.97. The van der Waals surface area contributed by atoms with Crippen molar-refractivity contribution in [2.75, 3.05) is 40.8 Å². The van der Waals surface area contributed by atoms with Gasteiger partial charge in [-0.25, -0.2) is 4.98 Å². The van der Waals surface area contributed by atoms with E-state index in [0.717, 1.165) is 31.9 Å². The van der Waals surface area contributed by atoms with Crippen molar-refractivity contribution < 1.29 is 0 Å². The number of hydrogen-bond acceptors (Lipinski definition) is 4. The molecule has 0 aliphatic carbocycles. The van der Waals surface area contributed by atoms with Gasteiger partial charge in [0.15, 0.2) is 5.96 Å². The van der Waals surface area contributed by atoms with Gasteiger partial charge >= 0.3 is 0 Å². The molecule has 0 amide bonds. The van der Waals surface area contributed by atoms with E-state index >= 15 is 0 Å². The highest BCUT2D eigenvalue weighted by Crippen LogP contribution is 2.13. The molecule has 0 aliphatic heterocycles. The van der Waals surface area contributed by atoms with Crippen LogP contribution in [-0.2, 0) is 12.8 Å². The Morgan fingerprint density at radius 2 is 1.83 bits per heavy atom. The number of aryl methyl sites for hydroxylation is 1. The molecule has 0 saturated carbocycles. The van der Waals surface area contributed by atoms with Gasteiger partial charge in [0.05, 0.1) is 5.01 Å². The maximum absolute atomic E-state index is 4.45. The lowest BCUT2D eigenvalue weighted by molar-refractivity contribution is 0.389. The number of guanidine groups is 1. The van der Waals surface area contributed by atoms with E-state index in [1.165, 1.54) is 48.5 Å². The van der Waals surface area contributed by atoms with Crippen LogP contribution in [0.5, 0.6) is 0 Å². The van der Waals surface area contributed by atoms with E-state index in [-0.39, 0.29) is 0 Å². The molecule has 24 heavy (non-hydrogen) atoms. The summed E-state index contributed by atoms with van der Waals surface area (Å²) in [4.78, 5) is 12.3. The number of unbranched alkanes of at least 4 members (excludes halogenated alkanes) is 4. The summed E-state index contributed by atoms with van der Waals surface area (Å²) in [6.45, 7) is 5.24. The van der Waals surface area contributed by atoms with Gasteiger partial charge in [-0.1, -0.05) is 26.2 Å². The van der Waals surface area contributed by atoms with Crippen molar-refractivity contribution in [3.05, 3.63) is 16.1 Å². The maximum Gasteiger partial charge on any atom is 0.190 e. The predicted octanol–water partition coefficient (Wildman–Crippen LogP) is 2.93. The lowest BCUT2D eigenvalue weighted by Gasteiger charge is -2.11. The molecule has 2 N–H and O–H groups in total. The Labute approximate surface area is 152 Å². The minimum atomic E-state index is 0.876. The molecule has 1 aromatic heterocycles. The van der Waals surface area contributed by atoms with Gasteiger partial charge in [0.2, 0.25) is 0 Å². The summed E-state index contributed by atoms with van der Waals surface area (Å²) in [5.74, 6) is 0.898.